The second-order valence-electron chi connectivity index (χ2n) is 3.59. The van der Waals surface area contributed by atoms with Gasteiger partial charge in [-0.1, -0.05) is 17.7 Å². The van der Waals surface area contributed by atoms with Gasteiger partial charge in [0.1, 0.15) is 5.75 Å². The summed E-state index contributed by atoms with van der Waals surface area (Å²) in [5.74, 6) is 0.348. The molecule has 0 saturated heterocycles. The fourth-order valence-electron chi connectivity index (χ4n) is 1.23. The molecule has 0 spiro atoms. The Morgan fingerprint density at radius 3 is 3.00 bits per heavy atom. The summed E-state index contributed by atoms with van der Waals surface area (Å²) >= 11 is 5.80. The quantitative estimate of drug-likeness (QED) is 0.761. The van der Waals surface area contributed by atoms with Crippen LogP contribution in [-0.4, -0.2) is 30.3 Å². The molecule has 0 bridgehead atoms. The second-order valence-corrected chi connectivity index (χ2v) is 4.02. The first-order valence-corrected chi connectivity index (χ1v) is 5.82. The second kappa shape index (κ2) is 7.14. The summed E-state index contributed by atoms with van der Waals surface area (Å²) in [4.78, 5) is 11.6. The fraction of sp³-hybridized carbons (Fsp3) is 0.417. The topological polar surface area (TPSA) is 58.6 Å². The molecule has 1 aromatic carbocycles. The van der Waals surface area contributed by atoms with Crippen molar-refractivity contribution in [2.75, 3.05) is 13.2 Å². The third-order valence-corrected chi connectivity index (χ3v) is 2.35. The van der Waals surface area contributed by atoms with Crippen molar-refractivity contribution < 1.29 is 14.6 Å². The number of hydrogen-bond donors (Lipinski definition) is 2. The van der Waals surface area contributed by atoms with Gasteiger partial charge < -0.3 is 15.2 Å². The first-order chi connectivity index (χ1) is 8.13. The lowest BCUT2D eigenvalue weighted by Gasteiger charge is -2.14. The Bertz CT molecular complexity index is 371. The van der Waals surface area contributed by atoms with Crippen LogP contribution in [0.25, 0.3) is 0 Å². The molecule has 0 aliphatic heterocycles. The van der Waals surface area contributed by atoms with Crippen molar-refractivity contribution in [3.8, 4) is 5.75 Å². The van der Waals surface area contributed by atoms with Crippen LogP contribution >= 0.6 is 11.6 Å². The van der Waals surface area contributed by atoms with E-state index in [1.165, 1.54) is 0 Å². The number of rotatable bonds is 6. The Morgan fingerprint density at radius 2 is 2.35 bits per heavy atom. The molecule has 4 nitrogen and oxygen atoms in total. The van der Waals surface area contributed by atoms with Gasteiger partial charge in [0.05, 0.1) is 0 Å². The predicted octanol–water partition coefficient (Wildman–Crippen LogP) is 1.61. The number of halogens is 1. The summed E-state index contributed by atoms with van der Waals surface area (Å²) in [6, 6.07) is 6.89. The number of aliphatic hydroxyl groups excluding tert-OH is 1. The van der Waals surface area contributed by atoms with E-state index in [-0.39, 0.29) is 12.5 Å². The number of aliphatic hydroxyl groups is 1. The minimum absolute atomic E-state index is 0.0593. The summed E-state index contributed by atoms with van der Waals surface area (Å²) < 4.78 is 5.43. The molecular formula is C12H16ClNO3. The van der Waals surface area contributed by atoms with Crippen LogP contribution in [0.3, 0.4) is 0 Å². The molecule has 0 aliphatic rings. The maximum atomic E-state index is 11.6. The van der Waals surface area contributed by atoms with E-state index in [9.17, 15) is 4.79 Å². The molecule has 0 aromatic heterocycles. The first-order valence-electron chi connectivity index (χ1n) is 5.44. The van der Waals surface area contributed by atoms with Gasteiger partial charge in [0.25, 0.3) is 5.91 Å². The maximum Gasteiger partial charge on any atom is 0.260 e. The SMILES string of the molecule is CC(Oc1cccc(Cl)c1)C(=O)NCCCO. The van der Waals surface area contributed by atoms with Gasteiger partial charge in [-0.25, -0.2) is 0 Å². The zero-order valence-electron chi connectivity index (χ0n) is 9.65. The minimum Gasteiger partial charge on any atom is -0.481 e. The van der Waals surface area contributed by atoms with E-state index in [4.69, 9.17) is 21.4 Å². The summed E-state index contributed by atoms with van der Waals surface area (Å²) in [5.41, 5.74) is 0. The molecule has 5 heteroatoms. The van der Waals surface area contributed by atoms with Crippen LogP contribution in [0.15, 0.2) is 24.3 Å². The zero-order valence-corrected chi connectivity index (χ0v) is 10.4. The van der Waals surface area contributed by atoms with E-state index in [0.717, 1.165) is 0 Å². The highest BCUT2D eigenvalue weighted by atomic mass is 35.5. The smallest absolute Gasteiger partial charge is 0.260 e. The van der Waals surface area contributed by atoms with Crippen LogP contribution in [0.1, 0.15) is 13.3 Å². The maximum absolute atomic E-state index is 11.6. The molecule has 0 saturated carbocycles. The van der Waals surface area contributed by atoms with Crippen molar-refractivity contribution in [1.82, 2.24) is 5.32 Å². The molecule has 94 valence electrons. The largest absolute Gasteiger partial charge is 0.481 e. The summed E-state index contributed by atoms with van der Waals surface area (Å²) in [6.45, 7) is 2.16. The molecule has 1 aromatic rings. The van der Waals surface area contributed by atoms with E-state index in [1.807, 2.05) is 0 Å². The predicted molar refractivity (Wildman–Crippen MR) is 66.3 cm³/mol. The fourth-order valence-corrected chi connectivity index (χ4v) is 1.41. The van der Waals surface area contributed by atoms with Gasteiger partial charge in [-0.3, -0.25) is 4.79 Å². The van der Waals surface area contributed by atoms with Crippen molar-refractivity contribution in [3.05, 3.63) is 29.3 Å². The van der Waals surface area contributed by atoms with Crippen molar-refractivity contribution in [2.24, 2.45) is 0 Å². The number of hydrogen-bond acceptors (Lipinski definition) is 3. The molecule has 1 rings (SSSR count). The third kappa shape index (κ3) is 5.06. The van der Waals surface area contributed by atoms with Crippen LogP contribution in [0, 0.1) is 0 Å². The van der Waals surface area contributed by atoms with Crippen LogP contribution in [0.5, 0.6) is 5.75 Å². The number of amides is 1. The average molecular weight is 258 g/mol. The Balaban J connectivity index is 2.43. The number of ether oxygens (including phenoxy) is 1. The molecule has 1 atom stereocenters. The van der Waals surface area contributed by atoms with Gasteiger partial charge in [0.2, 0.25) is 0 Å². The summed E-state index contributed by atoms with van der Waals surface area (Å²) in [5, 5.41) is 11.8. The van der Waals surface area contributed by atoms with Crippen molar-refractivity contribution in [1.29, 1.82) is 0 Å². The van der Waals surface area contributed by atoms with Gasteiger partial charge >= 0.3 is 0 Å². The molecule has 17 heavy (non-hydrogen) atoms. The number of carbonyl (C=O) groups is 1. The van der Waals surface area contributed by atoms with Crippen LogP contribution in [-0.2, 0) is 4.79 Å². The van der Waals surface area contributed by atoms with Crippen molar-refractivity contribution >= 4 is 17.5 Å². The minimum atomic E-state index is -0.591. The van der Waals surface area contributed by atoms with Gasteiger partial charge in [0.15, 0.2) is 6.10 Å². The van der Waals surface area contributed by atoms with Gasteiger partial charge in [-0.2, -0.15) is 0 Å². The Kier molecular flexibility index (Phi) is 5.80. The number of benzene rings is 1. The van der Waals surface area contributed by atoms with E-state index in [1.54, 1.807) is 31.2 Å². The van der Waals surface area contributed by atoms with E-state index in [0.29, 0.717) is 23.7 Å². The Morgan fingerprint density at radius 1 is 1.59 bits per heavy atom. The summed E-state index contributed by atoms with van der Waals surface area (Å²) in [6.07, 6.45) is -0.0533. The molecule has 0 aliphatic carbocycles. The van der Waals surface area contributed by atoms with E-state index < -0.39 is 6.10 Å². The van der Waals surface area contributed by atoms with Crippen molar-refractivity contribution in [2.45, 2.75) is 19.4 Å². The lowest BCUT2D eigenvalue weighted by atomic mass is 10.3. The van der Waals surface area contributed by atoms with Crippen LogP contribution in [0.4, 0.5) is 0 Å². The lowest BCUT2D eigenvalue weighted by Crippen LogP contribution is -2.37. The Hall–Kier alpha value is -1.26. The van der Waals surface area contributed by atoms with Gasteiger partial charge in [0, 0.05) is 18.2 Å². The molecule has 1 amide bonds. The molecule has 1 unspecified atom stereocenters. The normalized spacial score (nSPS) is 11.9. The first kappa shape index (κ1) is 13.8. The number of carbonyl (C=O) groups excluding carboxylic acids is 1. The molecule has 0 heterocycles. The molecule has 0 fully saturated rings. The standard InChI is InChI=1S/C12H16ClNO3/c1-9(12(16)14-6-3-7-15)17-11-5-2-4-10(13)8-11/h2,4-5,8-9,15H,3,6-7H2,1H3,(H,14,16). The number of nitrogens with one attached hydrogen (secondary N) is 1. The molecule has 0 radical (unpaired) electrons. The van der Waals surface area contributed by atoms with E-state index in [2.05, 4.69) is 5.32 Å². The highest BCUT2D eigenvalue weighted by molar-refractivity contribution is 6.30. The van der Waals surface area contributed by atoms with Crippen LogP contribution in [0.2, 0.25) is 5.02 Å². The monoisotopic (exact) mass is 257 g/mol. The molecule has 2 N–H and O–H groups in total. The Labute approximate surface area is 106 Å². The highest BCUT2D eigenvalue weighted by Crippen LogP contribution is 2.18. The zero-order chi connectivity index (χ0) is 12.7. The van der Waals surface area contributed by atoms with Crippen LogP contribution < -0.4 is 10.1 Å². The third-order valence-electron chi connectivity index (χ3n) is 2.11. The summed E-state index contributed by atoms with van der Waals surface area (Å²) in [7, 11) is 0. The van der Waals surface area contributed by atoms with Gasteiger partial charge in [-0.05, 0) is 31.5 Å². The average Bonchev–Trinajstić information content (AvgIpc) is 2.29. The van der Waals surface area contributed by atoms with Gasteiger partial charge in [-0.15, -0.1) is 0 Å². The highest BCUT2D eigenvalue weighted by Gasteiger charge is 2.13. The van der Waals surface area contributed by atoms with Crippen molar-refractivity contribution in [3.63, 3.8) is 0 Å². The lowest BCUT2D eigenvalue weighted by molar-refractivity contribution is -0.127. The molecular weight excluding hydrogens is 242 g/mol. The van der Waals surface area contributed by atoms with E-state index >= 15 is 0 Å².